The molecular formula is C12H14N6S. The van der Waals surface area contributed by atoms with Gasteiger partial charge in [-0.05, 0) is 42.7 Å². The van der Waals surface area contributed by atoms with Crippen LogP contribution in [-0.2, 0) is 19.9 Å². The molecule has 1 aliphatic rings. The average Bonchev–Trinajstić information content (AvgIpc) is 2.97. The van der Waals surface area contributed by atoms with Crippen molar-refractivity contribution < 1.29 is 0 Å². The van der Waals surface area contributed by atoms with Gasteiger partial charge in [0.1, 0.15) is 17.2 Å². The summed E-state index contributed by atoms with van der Waals surface area (Å²) >= 11 is 1.40. The molecule has 7 heteroatoms. The number of aryl methyl sites for hydroxylation is 3. The van der Waals surface area contributed by atoms with E-state index in [1.54, 1.807) is 4.68 Å². The highest BCUT2D eigenvalue weighted by atomic mass is 32.2. The van der Waals surface area contributed by atoms with Crippen molar-refractivity contribution >= 4 is 17.6 Å². The molecule has 3 rings (SSSR count). The van der Waals surface area contributed by atoms with Crippen LogP contribution >= 0.6 is 11.8 Å². The van der Waals surface area contributed by atoms with Gasteiger partial charge in [-0.3, -0.25) is 5.41 Å². The minimum Gasteiger partial charge on any atom is -0.384 e. The summed E-state index contributed by atoms with van der Waals surface area (Å²) in [5.74, 6) is 0.0480. The van der Waals surface area contributed by atoms with Gasteiger partial charge >= 0.3 is 0 Å². The summed E-state index contributed by atoms with van der Waals surface area (Å²) in [5, 5.41) is 13.2. The number of fused-ring (bicyclic) bond motifs is 1. The number of amidine groups is 1. The maximum Gasteiger partial charge on any atom is 0.192 e. The first-order valence-corrected chi connectivity index (χ1v) is 6.86. The van der Waals surface area contributed by atoms with E-state index in [4.69, 9.17) is 11.1 Å². The Morgan fingerprint density at radius 2 is 2.32 bits per heavy atom. The number of hydrogen-bond acceptors (Lipinski definition) is 5. The predicted molar refractivity (Wildman–Crippen MR) is 72.4 cm³/mol. The maximum absolute atomic E-state index is 7.70. The van der Waals surface area contributed by atoms with E-state index in [-0.39, 0.29) is 5.84 Å². The second-order valence-electron chi connectivity index (χ2n) is 4.48. The number of nitrogens with zero attached hydrogens (tertiary/aromatic N) is 4. The molecule has 0 atom stereocenters. The zero-order valence-corrected chi connectivity index (χ0v) is 11.4. The van der Waals surface area contributed by atoms with Crippen molar-refractivity contribution in [1.29, 1.82) is 5.41 Å². The summed E-state index contributed by atoms with van der Waals surface area (Å²) in [6.45, 7) is 0. The second kappa shape index (κ2) is 4.65. The van der Waals surface area contributed by atoms with Crippen LogP contribution in [0.3, 0.4) is 0 Å². The molecule has 0 spiro atoms. The van der Waals surface area contributed by atoms with Gasteiger partial charge in [0.25, 0.3) is 0 Å². The summed E-state index contributed by atoms with van der Waals surface area (Å²) < 4.78 is 1.68. The molecule has 1 aliphatic carbocycles. The van der Waals surface area contributed by atoms with Gasteiger partial charge in [-0.25, -0.2) is 14.6 Å². The molecule has 0 bridgehead atoms. The Morgan fingerprint density at radius 3 is 3.00 bits per heavy atom. The lowest BCUT2D eigenvalue weighted by Gasteiger charge is -2.09. The fourth-order valence-corrected chi connectivity index (χ4v) is 3.08. The number of pyridine rings is 1. The average molecular weight is 274 g/mol. The van der Waals surface area contributed by atoms with Gasteiger partial charge in [-0.1, -0.05) is 0 Å². The Kier molecular flexibility index (Phi) is 2.98. The number of nitrogens with two attached hydrogens (primary N) is 1. The quantitative estimate of drug-likeness (QED) is 0.646. The third-order valence-electron chi connectivity index (χ3n) is 3.16. The van der Waals surface area contributed by atoms with E-state index in [1.165, 1.54) is 23.7 Å². The largest absolute Gasteiger partial charge is 0.384 e. The predicted octanol–water partition coefficient (Wildman–Crippen LogP) is 1.13. The van der Waals surface area contributed by atoms with Crippen molar-refractivity contribution in [3.8, 4) is 0 Å². The Labute approximate surface area is 115 Å². The van der Waals surface area contributed by atoms with E-state index in [1.807, 2.05) is 13.1 Å². The van der Waals surface area contributed by atoms with Crippen molar-refractivity contribution in [2.75, 3.05) is 0 Å². The summed E-state index contributed by atoms with van der Waals surface area (Å²) in [7, 11) is 1.83. The van der Waals surface area contributed by atoms with E-state index in [0.717, 1.165) is 35.1 Å². The molecule has 3 N–H and O–H groups in total. The Morgan fingerprint density at radius 1 is 1.47 bits per heavy atom. The number of rotatable bonds is 3. The molecule has 6 nitrogen and oxygen atoms in total. The highest BCUT2D eigenvalue weighted by molar-refractivity contribution is 7.99. The van der Waals surface area contributed by atoms with Crippen LogP contribution in [0.25, 0.3) is 0 Å². The zero-order chi connectivity index (χ0) is 13.4. The van der Waals surface area contributed by atoms with Gasteiger partial charge < -0.3 is 5.73 Å². The Bertz CT molecular complexity index is 648. The maximum atomic E-state index is 7.70. The number of aromatic nitrogens is 4. The zero-order valence-electron chi connectivity index (χ0n) is 10.6. The fourth-order valence-electron chi connectivity index (χ4n) is 2.19. The molecule has 19 heavy (non-hydrogen) atoms. The normalized spacial score (nSPS) is 13.5. The van der Waals surface area contributed by atoms with Gasteiger partial charge in [0.15, 0.2) is 5.16 Å². The molecule has 2 heterocycles. The summed E-state index contributed by atoms with van der Waals surface area (Å²) in [5.41, 5.74) is 8.69. The molecule has 0 fully saturated rings. The van der Waals surface area contributed by atoms with Crippen molar-refractivity contribution in [2.24, 2.45) is 12.8 Å². The van der Waals surface area contributed by atoms with Crippen LogP contribution in [0.4, 0.5) is 0 Å². The van der Waals surface area contributed by atoms with Crippen LogP contribution in [0.1, 0.15) is 23.2 Å². The standard InChI is InChI=1S/C12H14N6S/c1-18-12(15-6-16-18)19-11-8(10(13)14)5-7-3-2-4-9(7)17-11/h5-6H,2-4H2,1H3,(H3,13,14). The van der Waals surface area contributed by atoms with E-state index in [0.29, 0.717) is 5.56 Å². The summed E-state index contributed by atoms with van der Waals surface area (Å²) in [6.07, 6.45) is 4.65. The van der Waals surface area contributed by atoms with Crippen LogP contribution in [0, 0.1) is 5.41 Å². The molecule has 0 radical (unpaired) electrons. The van der Waals surface area contributed by atoms with Crippen LogP contribution in [0.15, 0.2) is 22.6 Å². The van der Waals surface area contributed by atoms with Crippen molar-refractivity contribution in [3.05, 3.63) is 29.2 Å². The van der Waals surface area contributed by atoms with Crippen molar-refractivity contribution in [2.45, 2.75) is 29.4 Å². The number of hydrogen-bond donors (Lipinski definition) is 2. The fraction of sp³-hybridized carbons (Fsp3) is 0.333. The number of nitrogen functional groups attached to an aromatic ring is 1. The summed E-state index contributed by atoms with van der Waals surface area (Å²) in [6, 6.07) is 2.00. The molecule has 0 unspecified atom stereocenters. The minimum absolute atomic E-state index is 0.0480. The molecule has 0 saturated heterocycles. The summed E-state index contributed by atoms with van der Waals surface area (Å²) in [4.78, 5) is 8.82. The molecule has 0 amide bonds. The topological polar surface area (TPSA) is 93.5 Å². The van der Waals surface area contributed by atoms with E-state index in [9.17, 15) is 0 Å². The van der Waals surface area contributed by atoms with Gasteiger partial charge in [0, 0.05) is 18.3 Å². The highest BCUT2D eigenvalue weighted by Gasteiger charge is 2.19. The molecule has 0 aromatic carbocycles. The molecule has 2 aromatic heterocycles. The van der Waals surface area contributed by atoms with Crippen LogP contribution in [-0.4, -0.2) is 25.6 Å². The first kappa shape index (κ1) is 12.2. The Balaban J connectivity index is 2.04. The SMILES string of the molecule is Cn1ncnc1Sc1nc2c(cc1C(=N)N)CCC2. The molecule has 0 saturated carbocycles. The molecule has 98 valence electrons. The van der Waals surface area contributed by atoms with E-state index in [2.05, 4.69) is 15.1 Å². The van der Waals surface area contributed by atoms with Crippen molar-refractivity contribution in [1.82, 2.24) is 19.7 Å². The van der Waals surface area contributed by atoms with Gasteiger partial charge in [-0.2, -0.15) is 5.10 Å². The van der Waals surface area contributed by atoms with Crippen LogP contribution in [0.2, 0.25) is 0 Å². The first-order chi connectivity index (χ1) is 9.15. The highest BCUT2D eigenvalue weighted by Crippen LogP contribution is 2.31. The smallest absolute Gasteiger partial charge is 0.192 e. The van der Waals surface area contributed by atoms with E-state index >= 15 is 0 Å². The molecule has 2 aromatic rings. The number of nitrogens with one attached hydrogen (secondary N) is 1. The lowest BCUT2D eigenvalue weighted by Crippen LogP contribution is -2.14. The molecule has 0 aliphatic heterocycles. The van der Waals surface area contributed by atoms with Gasteiger partial charge in [0.2, 0.25) is 0 Å². The lowest BCUT2D eigenvalue weighted by molar-refractivity contribution is 0.684. The second-order valence-corrected chi connectivity index (χ2v) is 5.44. The van der Waals surface area contributed by atoms with Crippen LogP contribution < -0.4 is 5.73 Å². The third kappa shape index (κ3) is 2.21. The minimum atomic E-state index is 0.0480. The lowest BCUT2D eigenvalue weighted by atomic mass is 10.1. The van der Waals surface area contributed by atoms with Gasteiger partial charge in [0.05, 0.1) is 0 Å². The van der Waals surface area contributed by atoms with E-state index < -0.39 is 0 Å². The Hall–Kier alpha value is -1.89. The van der Waals surface area contributed by atoms with Crippen LogP contribution in [0.5, 0.6) is 0 Å². The first-order valence-electron chi connectivity index (χ1n) is 6.04. The third-order valence-corrected chi connectivity index (χ3v) is 4.22. The van der Waals surface area contributed by atoms with Gasteiger partial charge in [-0.15, -0.1) is 0 Å². The molecular weight excluding hydrogens is 260 g/mol. The van der Waals surface area contributed by atoms with Crippen molar-refractivity contribution in [3.63, 3.8) is 0 Å². The monoisotopic (exact) mass is 274 g/mol.